The Hall–Kier alpha value is -2.77. The monoisotopic (exact) mass is 377 g/mol. The average Bonchev–Trinajstić information content (AvgIpc) is 3.44. The number of ether oxygens (including phenoxy) is 2. The highest BCUT2D eigenvalue weighted by atomic mass is 19.4. The minimum atomic E-state index is -4.52. The van der Waals surface area contributed by atoms with Crippen LogP contribution in [0.4, 0.5) is 13.2 Å². The Bertz CT molecular complexity index is 1020. The Morgan fingerprint density at radius 2 is 1.85 bits per heavy atom. The van der Waals surface area contributed by atoms with E-state index in [1.807, 2.05) is 0 Å². The van der Waals surface area contributed by atoms with Crippen LogP contribution < -0.4 is 9.47 Å². The van der Waals surface area contributed by atoms with E-state index in [9.17, 15) is 13.2 Å². The number of pyridine rings is 1. The Morgan fingerprint density at radius 1 is 1.11 bits per heavy atom. The number of fused-ring (bicyclic) bond motifs is 1. The maximum absolute atomic E-state index is 13.9. The van der Waals surface area contributed by atoms with Gasteiger partial charge in [-0.1, -0.05) is 0 Å². The molecule has 0 spiro atoms. The Balaban J connectivity index is 2.03. The van der Waals surface area contributed by atoms with Crippen LogP contribution in [0.1, 0.15) is 30.0 Å². The van der Waals surface area contributed by atoms with Gasteiger partial charge in [0.1, 0.15) is 11.5 Å². The lowest BCUT2D eigenvalue weighted by Crippen LogP contribution is -2.08. The molecule has 3 aromatic rings. The van der Waals surface area contributed by atoms with Crippen LogP contribution >= 0.6 is 0 Å². The predicted octanol–water partition coefficient (Wildman–Crippen LogP) is 4.55. The van der Waals surface area contributed by atoms with Gasteiger partial charge in [0.2, 0.25) is 0 Å². The molecule has 1 aliphatic carbocycles. The number of methoxy groups -OCH3 is 2. The Labute approximate surface area is 153 Å². The Kier molecular flexibility index (Phi) is 4.01. The number of rotatable bonds is 4. The van der Waals surface area contributed by atoms with Crippen LogP contribution in [0.3, 0.4) is 0 Å². The molecule has 0 N–H and O–H groups in total. The molecule has 2 aromatic heterocycles. The molecule has 0 unspecified atom stereocenters. The first-order valence-corrected chi connectivity index (χ1v) is 8.50. The van der Waals surface area contributed by atoms with Crippen molar-refractivity contribution in [1.29, 1.82) is 0 Å². The highest BCUT2D eigenvalue weighted by Gasteiger charge is 2.39. The highest BCUT2D eigenvalue weighted by Crippen LogP contribution is 2.47. The Morgan fingerprint density at radius 3 is 2.44 bits per heavy atom. The molecule has 0 aliphatic heterocycles. The van der Waals surface area contributed by atoms with E-state index >= 15 is 0 Å². The molecule has 1 saturated carbocycles. The van der Waals surface area contributed by atoms with Gasteiger partial charge in [-0.3, -0.25) is 4.68 Å². The van der Waals surface area contributed by atoms with E-state index in [0.717, 1.165) is 18.9 Å². The van der Waals surface area contributed by atoms with Crippen molar-refractivity contribution in [1.82, 2.24) is 14.8 Å². The molecule has 5 nitrogen and oxygen atoms in total. The minimum absolute atomic E-state index is 0.0776. The van der Waals surface area contributed by atoms with Crippen LogP contribution in [0.25, 0.3) is 22.3 Å². The number of benzene rings is 1. The van der Waals surface area contributed by atoms with Crippen molar-refractivity contribution < 1.29 is 22.6 Å². The van der Waals surface area contributed by atoms with Crippen LogP contribution in [-0.2, 0) is 13.2 Å². The number of nitrogens with zero attached hydrogens (tertiary/aromatic N) is 3. The summed E-state index contributed by atoms with van der Waals surface area (Å²) in [4.78, 5) is 4.50. The molecule has 4 rings (SSSR count). The first-order chi connectivity index (χ1) is 12.8. The van der Waals surface area contributed by atoms with Gasteiger partial charge in [0.05, 0.1) is 36.6 Å². The summed E-state index contributed by atoms with van der Waals surface area (Å²) in [6, 6.07) is 6.02. The number of hydrogen-bond donors (Lipinski definition) is 0. The molecular formula is C19H18F3N3O2. The van der Waals surface area contributed by atoms with Crippen molar-refractivity contribution in [3.05, 3.63) is 35.5 Å². The lowest BCUT2D eigenvalue weighted by Gasteiger charge is -2.14. The number of aryl methyl sites for hydroxylation is 1. The second-order valence-corrected chi connectivity index (χ2v) is 6.60. The van der Waals surface area contributed by atoms with E-state index in [0.29, 0.717) is 22.8 Å². The van der Waals surface area contributed by atoms with E-state index in [-0.39, 0.29) is 22.6 Å². The molecule has 1 aliphatic rings. The molecule has 2 heterocycles. The van der Waals surface area contributed by atoms with E-state index in [2.05, 4.69) is 10.1 Å². The topological polar surface area (TPSA) is 49.2 Å². The molecule has 1 aromatic carbocycles. The van der Waals surface area contributed by atoms with E-state index in [1.165, 1.54) is 18.9 Å². The van der Waals surface area contributed by atoms with Crippen LogP contribution in [0, 0.1) is 0 Å². The van der Waals surface area contributed by atoms with Crippen molar-refractivity contribution in [3.8, 4) is 22.8 Å². The molecule has 0 amide bonds. The number of aromatic nitrogens is 3. The smallest absolute Gasteiger partial charge is 0.417 e. The molecule has 27 heavy (non-hydrogen) atoms. The van der Waals surface area contributed by atoms with Crippen molar-refractivity contribution in [3.63, 3.8) is 0 Å². The van der Waals surface area contributed by atoms with Crippen LogP contribution in [0.15, 0.2) is 24.3 Å². The zero-order chi connectivity index (χ0) is 19.3. The average molecular weight is 377 g/mol. The molecule has 142 valence electrons. The fourth-order valence-electron chi connectivity index (χ4n) is 3.30. The molecule has 0 radical (unpaired) electrons. The molecular weight excluding hydrogens is 359 g/mol. The minimum Gasteiger partial charge on any atom is -0.497 e. The fraction of sp³-hybridized carbons (Fsp3) is 0.368. The second-order valence-electron chi connectivity index (χ2n) is 6.60. The van der Waals surface area contributed by atoms with E-state index < -0.39 is 11.7 Å². The summed E-state index contributed by atoms with van der Waals surface area (Å²) in [5, 5.41) is 4.43. The standard InChI is InChI=1S/C19H18F3N3O2/c1-25-18-16(17(24-25)10-4-5-10)13(19(20,21)22)9-14(23-18)12-8-11(26-2)6-7-15(12)27-3/h6-10H,4-5H2,1-3H3. The summed E-state index contributed by atoms with van der Waals surface area (Å²) < 4.78 is 53.6. The summed E-state index contributed by atoms with van der Waals surface area (Å²) in [6.45, 7) is 0. The first-order valence-electron chi connectivity index (χ1n) is 8.50. The van der Waals surface area contributed by atoms with Crippen molar-refractivity contribution in [2.24, 2.45) is 7.05 Å². The summed E-state index contributed by atoms with van der Waals surface area (Å²) >= 11 is 0. The maximum atomic E-state index is 13.9. The van der Waals surface area contributed by atoms with E-state index in [1.54, 1.807) is 25.2 Å². The lowest BCUT2D eigenvalue weighted by molar-refractivity contribution is -0.136. The van der Waals surface area contributed by atoms with Crippen molar-refractivity contribution in [2.75, 3.05) is 14.2 Å². The molecule has 8 heteroatoms. The maximum Gasteiger partial charge on any atom is 0.417 e. The number of halogens is 3. The largest absolute Gasteiger partial charge is 0.497 e. The molecule has 0 atom stereocenters. The summed E-state index contributed by atoms with van der Waals surface area (Å²) in [7, 11) is 4.57. The van der Waals surface area contributed by atoms with Crippen LogP contribution in [0.5, 0.6) is 11.5 Å². The normalized spacial score (nSPS) is 14.6. The highest BCUT2D eigenvalue weighted by molar-refractivity contribution is 5.87. The summed E-state index contributed by atoms with van der Waals surface area (Å²) in [5.41, 5.74) is 0.569. The van der Waals surface area contributed by atoms with Gasteiger partial charge >= 0.3 is 6.18 Å². The number of hydrogen-bond acceptors (Lipinski definition) is 4. The van der Waals surface area contributed by atoms with Gasteiger partial charge in [-0.25, -0.2) is 4.98 Å². The fourth-order valence-corrected chi connectivity index (χ4v) is 3.30. The SMILES string of the molecule is COc1ccc(OC)c(-c2cc(C(F)(F)F)c3c(C4CC4)nn(C)c3n2)c1. The van der Waals surface area contributed by atoms with Crippen LogP contribution in [0.2, 0.25) is 0 Å². The summed E-state index contributed by atoms with van der Waals surface area (Å²) in [5.74, 6) is 0.999. The summed E-state index contributed by atoms with van der Waals surface area (Å²) in [6.07, 6.45) is -2.81. The first kappa shape index (κ1) is 17.6. The third kappa shape index (κ3) is 2.98. The zero-order valence-electron chi connectivity index (χ0n) is 15.1. The van der Waals surface area contributed by atoms with Crippen molar-refractivity contribution in [2.45, 2.75) is 24.9 Å². The van der Waals surface area contributed by atoms with E-state index in [4.69, 9.17) is 9.47 Å². The quantitative estimate of drug-likeness (QED) is 0.669. The zero-order valence-corrected chi connectivity index (χ0v) is 15.1. The van der Waals surface area contributed by atoms with Crippen molar-refractivity contribution >= 4 is 11.0 Å². The van der Waals surface area contributed by atoms with Gasteiger partial charge in [0.15, 0.2) is 5.65 Å². The van der Waals surface area contributed by atoms with Gasteiger partial charge in [-0.15, -0.1) is 0 Å². The van der Waals surface area contributed by atoms with Gasteiger partial charge in [-0.05, 0) is 37.1 Å². The van der Waals surface area contributed by atoms with Crippen LogP contribution in [-0.4, -0.2) is 29.0 Å². The van der Waals surface area contributed by atoms with Gasteiger partial charge < -0.3 is 9.47 Å². The predicted molar refractivity (Wildman–Crippen MR) is 94.0 cm³/mol. The van der Waals surface area contributed by atoms with Gasteiger partial charge in [0.25, 0.3) is 0 Å². The third-order valence-corrected chi connectivity index (χ3v) is 4.77. The molecule has 1 fully saturated rings. The van der Waals surface area contributed by atoms with Gasteiger partial charge in [0, 0.05) is 18.5 Å². The molecule has 0 bridgehead atoms. The lowest BCUT2D eigenvalue weighted by atomic mass is 10.0. The van der Waals surface area contributed by atoms with Gasteiger partial charge in [-0.2, -0.15) is 18.3 Å². The number of alkyl halides is 3. The third-order valence-electron chi connectivity index (χ3n) is 4.77. The molecule has 0 saturated heterocycles. The second kappa shape index (κ2) is 6.14.